The number of aryl methyl sites for hydroxylation is 2. The first-order valence-corrected chi connectivity index (χ1v) is 8.54. The summed E-state index contributed by atoms with van der Waals surface area (Å²) < 4.78 is 1.91. The SMILES string of the molecule is Cc1cc(N(CCO)CCO)ccc1N=Nc1nc2ccccc2n1C. The van der Waals surface area contributed by atoms with E-state index < -0.39 is 0 Å². The normalized spacial score (nSPS) is 11.5. The molecule has 0 aliphatic carbocycles. The van der Waals surface area contributed by atoms with Gasteiger partial charge in [-0.3, -0.25) is 0 Å². The van der Waals surface area contributed by atoms with Gasteiger partial charge in [0.2, 0.25) is 5.95 Å². The van der Waals surface area contributed by atoms with E-state index in [0.717, 1.165) is 28.0 Å². The second kappa shape index (κ2) is 8.07. The van der Waals surface area contributed by atoms with E-state index in [4.69, 9.17) is 0 Å². The molecule has 0 radical (unpaired) electrons. The zero-order valence-electron chi connectivity index (χ0n) is 15.0. The van der Waals surface area contributed by atoms with Crippen molar-refractivity contribution in [1.82, 2.24) is 9.55 Å². The van der Waals surface area contributed by atoms with Crippen LogP contribution in [0.3, 0.4) is 0 Å². The largest absolute Gasteiger partial charge is 0.395 e. The Morgan fingerprint density at radius 1 is 1.04 bits per heavy atom. The molecule has 0 aliphatic rings. The van der Waals surface area contributed by atoms with Crippen molar-refractivity contribution in [2.45, 2.75) is 6.92 Å². The van der Waals surface area contributed by atoms with E-state index in [0.29, 0.717) is 19.0 Å². The van der Waals surface area contributed by atoms with Gasteiger partial charge in [-0.1, -0.05) is 12.1 Å². The van der Waals surface area contributed by atoms with E-state index in [-0.39, 0.29) is 13.2 Å². The molecule has 0 unspecified atom stereocenters. The predicted octanol–water partition coefficient (Wildman–Crippen LogP) is 3.09. The molecule has 0 fully saturated rings. The molecule has 1 heterocycles. The topological polar surface area (TPSA) is 86.2 Å². The highest BCUT2D eigenvalue weighted by Gasteiger charge is 2.09. The Bertz CT molecular complexity index is 913. The van der Waals surface area contributed by atoms with Crippen molar-refractivity contribution < 1.29 is 10.2 Å². The van der Waals surface area contributed by atoms with Gasteiger partial charge < -0.3 is 19.7 Å². The van der Waals surface area contributed by atoms with Crippen molar-refractivity contribution in [1.29, 1.82) is 0 Å². The lowest BCUT2D eigenvalue weighted by Crippen LogP contribution is -2.29. The Kier molecular flexibility index (Phi) is 5.60. The van der Waals surface area contributed by atoms with Crippen LogP contribution in [-0.2, 0) is 7.05 Å². The Hall–Kier alpha value is -2.77. The predicted molar refractivity (Wildman–Crippen MR) is 102 cm³/mol. The van der Waals surface area contributed by atoms with Crippen molar-refractivity contribution in [2.24, 2.45) is 17.3 Å². The minimum Gasteiger partial charge on any atom is -0.395 e. The van der Waals surface area contributed by atoms with Crippen molar-refractivity contribution in [3.8, 4) is 0 Å². The van der Waals surface area contributed by atoms with Gasteiger partial charge in [0.1, 0.15) is 0 Å². The van der Waals surface area contributed by atoms with Gasteiger partial charge in [-0.25, -0.2) is 4.98 Å². The van der Waals surface area contributed by atoms with Crippen LogP contribution in [0.15, 0.2) is 52.7 Å². The van der Waals surface area contributed by atoms with Crippen molar-refractivity contribution >= 4 is 28.4 Å². The molecule has 1 aromatic heterocycles. The number of para-hydroxylation sites is 2. The molecule has 3 rings (SSSR count). The number of benzene rings is 2. The second-order valence-electron chi connectivity index (χ2n) is 6.06. The number of rotatable bonds is 7. The zero-order valence-corrected chi connectivity index (χ0v) is 15.0. The van der Waals surface area contributed by atoms with Gasteiger partial charge in [0, 0.05) is 25.8 Å². The summed E-state index contributed by atoms with van der Waals surface area (Å²) >= 11 is 0. The molecule has 7 nitrogen and oxygen atoms in total. The quantitative estimate of drug-likeness (QED) is 0.639. The number of nitrogens with zero attached hydrogens (tertiary/aromatic N) is 5. The van der Waals surface area contributed by atoms with E-state index in [1.165, 1.54) is 0 Å². The Morgan fingerprint density at radius 2 is 1.77 bits per heavy atom. The standard InChI is InChI=1S/C19H23N5O2/c1-14-13-15(24(9-11-25)10-12-26)7-8-16(14)21-22-19-20-17-5-3-4-6-18(17)23(19)2/h3-8,13,25-26H,9-12H2,1-2H3. The number of hydrogen-bond acceptors (Lipinski definition) is 6. The van der Waals surface area contributed by atoms with Crippen molar-refractivity contribution in [2.75, 3.05) is 31.2 Å². The van der Waals surface area contributed by atoms with Crippen molar-refractivity contribution in [3.63, 3.8) is 0 Å². The summed E-state index contributed by atoms with van der Waals surface area (Å²) in [5, 5.41) is 27.0. The Balaban J connectivity index is 1.85. The van der Waals surface area contributed by atoms with Crippen LogP contribution < -0.4 is 4.90 Å². The molecular formula is C19H23N5O2. The number of anilines is 1. The van der Waals surface area contributed by atoms with Crippen LogP contribution >= 0.6 is 0 Å². The fourth-order valence-corrected chi connectivity index (χ4v) is 2.88. The van der Waals surface area contributed by atoms with Gasteiger partial charge in [-0.05, 0) is 42.8 Å². The first-order chi connectivity index (χ1) is 12.6. The van der Waals surface area contributed by atoms with Gasteiger partial charge in [0.25, 0.3) is 0 Å². The first kappa shape index (κ1) is 18.0. The van der Waals surface area contributed by atoms with E-state index in [1.807, 2.05) is 65.9 Å². The number of aromatic nitrogens is 2. The second-order valence-corrected chi connectivity index (χ2v) is 6.06. The number of imidazole rings is 1. The molecule has 0 aliphatic heterocycles. The van der Waals surface area contributed by atoms with Gasteiger partial charge in [0.05, 0.1) is 29.9 Å². The van der Waals surface area contributed by atoms with E-state index in [1.54, 1.807) is 0 Å². The van der Waals surface area contributed by atoms with E-state index >= 15 is 0 Å². The molecule has 0 saturated carbocycles. The summed E-state index contributed by atoms with van der Waals surface area (Å²) in [7, 11) is 1.92. The van der Waals surface area contributed by atoms with Gasteiger partial charge in [-0.2, -0.15) is 0 Å². The third-order valence-electron chi connectivity index (χ3n) is 4.30. The highest BCUT2D eigenvalue weighted by molar-refractivity contribution is 5.77. The molecular weight excluding hydrogens is 330 g/mol. The van der Waals surface area contributed by atoms with E-state index in [2.05, 4.69) is 15.2 Å². The zero-order chi connectivity index (χ0) is 18.5. The van der Waals surface area contributed by atoms with Gasteiger partial charge in [0.15, 0.2) is 0 Å². The number of hydrogen-bond donors (Lipinski definition) is 2. The summed E-state index contributed by atoms with van der Waals surface area (Å²) in [4.78, 5) is 6.42. The minimum absolute atomic E-state index is 0.0349. The first-order valence-electron chi connectivity index (χ1n) is 8.54. The monoisotopic (exact) mass is 353 g/mol. The van der Waals surface area contributed by atoms with Crippen LogP contribution in [0.25, 0.3) is 11.0 Å². The minimum atomic E-state index is 0.0349. The third kappa shape index (κ3) is 3.74. The lowest BCUT2D eigenvalue weighted by Gasteiger charge is -2.23. The molecule has 0 bridgehead atoms. The molecule has 0 saturated heterocycles. The maximum absolute atomic E-state index is 9.18. The summed E-state index contributed by atoms with van der Waals surface area (Å²) in [6.45, 7) is 2.98. The summed E-state index contributed by atoms with van der Waals surface area (Å²) in [6, 6.07) is 13.7. The molecule has 0 atom stereocenters. The molecule has 7 heteroatoms. The lowest BCUT2D eigenvalue weighted by atomic mass is 10.1. The fraction of sp³-hybridized carbons (Fsp3) is 0.316. The molecule has 0 spiro atoms. The number of aliphatic hydroxyl groups is 2. The summed E-state index contributed by atoms with van der Waals surface area (Å²) in [5.41, 5.74) is 4.56. The smallest absolute Gasteiger partial charge is 0.250 e. The van der Waals surface area contributed by atoms with Crippen LogP contribution in [0.1, 0.15) is 5.56 Å². The number of fused-ring (bicyclic) bond motifs is 1. The van der Waals surface area contributed by atoms with Crippen LogP contribution in [0.4, 0.5) is 17.3 Å². The van der Waals surface area contributed by atoms with Crippen molar-refractivity contribution in [3.05, 3.63) is 48.0 Å². The Morgan fingerprint density at radius 3 is 2.42 bits per heavy atom. The Labute approximate surface area is 152 Å². The molecule has 0 amide bonds. The summed E-state index contributed by atoms with van der Waals surface area (Å²) in [6.07, 6.45) is 0. The molecule has 26 heavy (non-hydrogen) atoms. The number of aliphatic hydroxyl groups excluding tert-OH is 2. The highest BCUT2D eigenvalue weighted by Crippen LogP contribution is 2.27. The average Bonchev–Trinajstić information content (AvgIpc) is 2.97. The van der Waals surface area contributed by atoms with Gasteiger partial charge >= 0.3 is 0 Å². The summed E-state index contributed by atoms with van der Waals surface area (Å²) in [5.74, 6) is 0.553. The van der Waals surface area contributed by atoms with Crippen LogP contribution in [0.2, 0.25) is 0 Å². The molecule has 2 N–H and O–H groups in total. The molecule has 3 aromatic rings. The average molecular weight is 353 g/mol. The maximum Gasteiger partial charge on any atom is 0.250 e. The number of azo groups is 1. The molecule has 2 aromatic carbocycles. The fourth-order valence-electron chi connectivity index (χ4n) is 2.88. The maximum atomic E-state index is 9.18. The van der Waals surface area contributed by atoms with Crippen LogP contribution in [-0.4, -0.2) is 46.1 Å². The third-order valence-corrected chi connectivity index (χ3v) is 4.30. The lowest BCUT2D eigenvalue weighted by molar-refractivity contribution is 0.281. The van der Waals surface area contributed by atoms with Gasteiger partial charge in [-0.15, -0.1) is 10.2 Å². The van der Waals surface area contributed by atoms with E-state index in [9.17, 15) is 10.2 Å². The van der Waals surface area contributed by atoms with Crippen LogP contribution in [0, 0.1) is 6.92 Å². The van der Waals surface area contributed by atoms with Crippen LogP contribution in [0.5, 0.6) is 0 Å². The highest BCUT2D eigenvalue weighted by atomic mass is 16.3. The molecule has 136 valence electrons.